The predicted octanol–water partition coefficient (Wildman–Crippen LogP) is 4.28. The fraction of sp³-hybridized carbons (Fsp3) is 0.238. The number of hydrogen-bond acceptors (Lipinski definition) is 5. The maximum atomic E-state index is 13.0. The number of carbonyl (C=O) groups is 1. The molecule has 1 heterocycles. The number of nitrogens with one attached hydrogen (secondary N) is 2. The van der Waals surface area contributed by atoms with E-state index in [0.29, 0.717) is 6.07 Å². The van der Waals surface area contributed by atoms with Crippen molar-refractivity contribution in [2.24, 2.45) is 7.05 Å². The van der Waals surface area contributed by atoms with Crippen molar-refractivity contribution in [2.75, 3.05) is 10.0 Å². The normalized spacial score (nSPS) is 12.0. The van der Waals surface area contributed by atoms with Crippen molar-refractivity contribution >= 4 is 27.3 Å². The van der Waals surface area contributed by atoms with Crippen molar-refractivity contribution in [1.82, 2.24) is 9.78 Å². The minimum atomic E-state index is -4.62. The van der Waals surface area contributed by atoms with Gasteiger partial charge in [-0.25, -0.2) is 8.42 Å². The summed E-state index contributed by atoms with van der Waals surface area (Å²) in [6.45, 7) is 3.36. The van der Waals surface area contributed by atoms with Crippen LogP contribution >= 0.6 is 0 Å². The third-order valence-electron chi connectivity index (χ3n) is 4.35. The Hall–Kier alpha value is -3.54. The highest BCUT2D eigenvalue weighted by Crippen LogP contribution is 2.33. The van der Waals surface area contributed by atoms with Gasteiger partial charge >= 0.3 is 6.18 Å². The topological polar surface area (TPSA) is 102 Å². The van der Waals surface area contributed by atoms with Gasteiger partial charge in [0.05, 0.1) is 11.7 Å². The number of hydrogen-bond donors (Lipinski definition) is 2. The van der Waals surface area contributed by atoms with Crippen molar-refractivity contribution < 1.29 is 31.1 Å². The predicted molar refractivity (Wildman–Crippen MR) is 116 cm³/mol. The second-order valence-electron chi connectivity index (χ2n) is 7.31. The monoisotopic (exact) mass is 482 g/mol. The van der Waals surface area contributed by atoms with E-state index in [1.165, 1.54) is 41.2 Å². The highest BCUT2D eigenvalue weighted by Gasteiger charge is 2.31. The lowest BCUT2D eigenvalue weighted by Crippen LogP contribution is -2.18. The lowest BCUT2D eigenvalue weighted by Gasteiger charge is -2.17. The molecular weight excluding hydrogens is 461 g/mol. The third kappa shape index (κ3) is 5.83. The number of aryl methyl sites for hydroxylation is 1. The molecule has 0 saturated carbocycles. The summed E-state index contributed by atoms with van der Waals surface area (Å²) in [5.41, 5.74) is -0.706. The molecule has 12 heteroatoms. The van der Waals surface area contributed by atoms with Crippen LogP contribution in [0, 0.1) is 0 Å². The molecule has 0 fully saturated rings. The SMILES string of the molecule is CC(C)Oc1cc(NC(=O)c2ccnn2C)ccc1S(=O)(=O)Nc1cccc(C(F)(F)F)c1. The number of amides is 1. The molecule has 0 bridgehead atoms. The zero-order valence-electron chi connectivity index (χ0n) is 17.8. The number of alkyl halides is 3. The number of rotatable bonds is 7. The first-order chi connectivity index (χ1) is 15.4. The smallest absolute Gasteiger partial charge is 0.416 e. The highest BCUT2D eigenvalue weighted by atomic mass is 32.2. The fourth-order valence-corrected chi connectivity index (χ4v) is 4.08. The molecule has 2 aromatic carbocycles. The number of sulfonamides is 1. The van der Waals surface area contributed by atoms with Crippen LogP contribution in [0.5, 0.6) is 5.75 Å². The quantitative estimate of drug-likeness (QED) is 0.523. The van der Waals surface area contributed by atoms with Gasteiger partial charge in [0.2, 0.25) is 0 Å². The molecule has 0 unspecified atom stereocenters. The first-order valence-electron chi connectivity index (χ1n) is 9.67. The van der Waals surface area contributed by atoms with Crippen molar-refractivity contribution in [3.8, 4) is 5.75 Å². The Labute approximate surface area is 188 Å². The number of anilines is 2. The van der Waals surface area contributed by atoms with Crippen LogP contribution in [0.4, 0.5) is 24.5 Å². The van der Waals surface area contributed by atoms with Gasteiger partial charge in [0.15, 0.2) is 0 Å². The molecule has 33 heavy (non-hydrogen) atoms. The minimum absolute atomic E-state index is 0.0766. The van der Waals surface area contributed by atoms with E-state index >= 15 is 0 Å². The van der Waals surface area contributed by atoms with Gasteiger partial charge in [-0.1, -0.05) is 6.07 Å². The van der Waals surface area contributed by atoms with E-state index in [0.717, 1.165) is 12.1 Å². The third-order valence-corrected chi connectivity index (χ3v) is 5.77. The van der Waals surface area contributed by atoms with E-state index in [2.05, 4.69) is 15.1 Å². The molecule has 3 rings (SSSR count). The van der Waals surface area contributed by atoms with Gasteiger partial charge < -0.3 is 10.1 Å². The molecule has 0 aliphatic heterocycles. The number of benzene rings is 2. The Morgan fingerprint density at radius 1 is 1.09 bits per heavy atom. The minimum Gasteiger partial charge on any atom is -0.489 e. The van der Waals surface area contributed by atoms with Gasteiger partial charge in [-0.15, -0.1) is 0 Å². The fourth-order valence-electron chi connectivity index (χ4n) is 2.91. The Balaban J connectivity index is 1.92. The van der Waals surface area contributed by atoms with Crippen LogP contribution in [0.1, 0.15) is 29.9 Å². The molecule has 176 valence electrons. The second kappa shape index (κ2) is 9.14. The van der Waals surface area contributed by atoms with Gasteiger partial charge in [-0.05, 0) is 50.2 Å². The van der Waals surface area contributed by atoms with Crippen LogP contribution in [0.25, 0.3) is 0 Å². The van der Waals surface area contributed by atoms with Crippen LogP contribution in [0.15, 0.2) is 59.6 Å². The molecule has 0 aliphatic rings. The molecule has 0 atom stereocenters. The highest BCUT2D eigenvalue weighted by molar-refractivity contribution is 7.92. The van der Waals surface area contributed by atoms with E-state index in [-0.39, 0.29) is 27.7 Å². The van der Waals surface area contributed by atoms with Crippen molar-refractivity contribution in [3.05, 3.63) is 66.0 Å². The summed E-state index contributed by atoms with van der Waals surface area (Å²) in [7, 11) is -2.72. The first-order valence-corrected chi connectivity index (χ1v) is 11.2. The van der Waals surface area contributed by atoms with Crippen molar-refractivity contribution in [1.29, 1.82) is 0 Å². The summed E-state index contributed by atoms with van der Waals surface area (Å²) in [6.07, 6.45) is -3.59. The van der Waals surface area contributed by atoms with Crippen molar-refractivity contribution in [3.63, 3.8) is 0 Å². The molecule has 8 nitrogen and oxygen atoms in total. The average Bonchev–Trinajstić information content (AvgIpc) is 3.13. The molecule has 3 aromatic rings. The molecular formula is C21H21F3N4O4S. The second-order valence-corrected chi connectivity index (χ2v) is 8.96. The molecule has 2 N–H and O–H groups in total. The number of aromatic nitrogens is 2. The van der Waals surface area contributed by atoms with Crippen LogP contribution in [0.2, 0.25) is 0 Å². The Kier molecular flexibility index (Phi) is 6.68. The largest absolute Gasteiger partial charge is 0.489 e. The van der Waals surface area contributed by atoms with Gasteiger partial charge in [-0.3, -0.25) is 14.2 Å². The Morgan fingerprint density at radius 2 is 1.82 bits per heavy atom. The van der Waals surface area contributed by atoms with E-state index < -0.39 is 33.8 Å². The van der Waals surface area contributed by atoms with Gasteiger partial charge in [0.25, 0.3) is 15.9 Å². The molecule has 0 radical (unpaired) electrons. The molecule has 1 aromatic heterocycles. The number of ether oxygens (including phenoxy) is 1. The average molecular weight is 482 g/mol. The van der Waals surface area contributed by atoms with Crippen molar-refractivity contribution in [2.45, 2.75) is 31.0 Å². The van der Waals surface area contributed by atoms with E-state index in [9.17, 15) is 26.4 Å². The molecule has 0 spiro atoms. The van der Waals surface area contributed by atoms with E-state index in [1.54, 1.807) is 20.9 Å². The maximum Gasteiger partial charge on any atom is 0.416 e. The molecule has 1 amide bonds. The first kappa shape index (κ1) is 24.1. The van der Waals surface area contributed by atoms with Crippen LogP contribution in [-0.2, 0) is 23.2 Å². The van der Waals surface area contributed by atoms with Gasteiger partial charge in [-0.2, -0.15) is 18.3 Å². The summed E-state index contributed by atoms with van der Waals surface area (Å²) in [5, 5.41) is 6.55. The molecule has 0 saturated heterocycles. The summed E-state index contributed by atoms with van der Waals surface area (Å²) in [4.78, 5) is 12.1. The number of nitrogens with zero attached hydrogens (tertiary/aromatic N) is 2. The Morgan fingerprint density at radius 3 is 2.42 bits per heavy atom. The number of carbonyl (C=O) groups excluding carboxylic acids is 1. The summed E-state index contributed by atoms with van der Waals surface area (Å²) in [5.74, 6) is -0.546. The van der Waals surface area contributed by atoms with Gasteiger partial charge in [0.1, 0.15) is 16.3 Å². The van der Waals surface area contributed by atoms with Crippen LogP contribution < -0.4 is 14.8 Å². The molecule has 0 aliphatic carbocycles. The zero-order valence-corrected chi connectivity index (χ0v) is 18.7. The van der Waals surface area contributed by atoms with E-state index in [4.69, 9.17) is 4.74 Å². The van der Waals surface area contributed by atoms with Crippen LogP contribution in [-0.4, -0.2) is 30.2 Å². The lowest BCUT2D eigenvalue weighted by molar-refractivity contribution is -0.137. The number of halogens is 3. The Bertz CT molecular complexity index is 1270. The van der Waals surface area contributed by atoms with E-state index in [1.807, 2.05) is 0 Å². The zero-order chi connectivity index (χ0) is 24.4. The van der Waals surface area contributed by atoms with Gasteiger partial charge in [0, 0.05) is 30.7 Å². The maximum absolute atomic E-state index is 13.0. The summed E-state index contributed by atoms with van der Waals surface area (Å²) >= 11 is 0. The summed E-state index contributed by atoms with van der Waals surface area (Å²) < 4.78 is 74.0. The lowest BCUT2D eigenvalue weighted by atomic mass is 10.2. The standard InChI is InChI=1S/C21H21F3N4O4S/c1-13(2)32-18-12-15(26-20(29)17-9-10-25-28(17)3)7-8-19(18)33(30,31)27-16-6-4-5-14(11-16)21(22,23)24/h4-13,27H,1-3H3,(H,26,29). The summed E-state index contributed by atoms with van der Waals surface area (Å²) in [6, 6.07) is 9.23. The van der Waals surface area contributed by atoms with Crippen LogP contribution in [0.3, 0.4) is 0 Å².